The Kier molecular flexibility index (Phi) is 5.25. The molecule has 0 atom stereocenters. The van der Waals surface area contributed by atoms with Gasteiger partial charge in [-0.15, -0.1) is 0 Å². The van der Waals surface area contributed by atoms with E-state index in [1.807, 2.05) is 30.3 Å². The van der Waals surface area contributed by atoms with Crippen LogP contribution in [0.15, 0.2) is 48.5 Å². The summed E-state index contributed by atoms with van der Waals surface area (Å²) in [6.45, 7) is 0.990. The van der Waals surface area contributed by atoms with Crippen LogP contribution in [-0.4, -0.2) is 11.7 Å². The lowest BCUT2D eigenvalue weighted by molar-refractivity contribution is 0.288. The standard InChI is InChI=1S/C16H18ClNO/c17-15-7-1-5-14(10-15)12-18-16-8-2-4-13(11-16)6-3-9-19/h1-2,4-5,7-8,10-11,18-19H,3,6,9,12H2. The molecule has 2 aromatic carbocycles. The smallest absolute Gasteiger partial charge is 0.0434 e. The molecule has 2 nitrogen and oxygen atoms in total. The third-order valence-corrected chi connectivity index (χ3v) is 3.17. The molecule has 0 saturated heterocycles. The first-order valence-electron chi connectivity index (χ1n) is 6.46. The highest BCUT2D eigenvalue weighted by Crippen LogP contribution is 2.15. The quantitative estimate of drug-likeness (QED) is 0.839. The maximum Gasteiger partial charge on any atom is 0.0434 e. The largest absolute Gasteiger partial charge is 0.396 e. The normalized spacial score (nSPS) is 10.4. The van der Waals surface area contributed by atoms with Gasteiger partial charge in [-0.05, 0) is 48.2 Å². The van der Waals surface area contributed by atoms with Crippen molar-refractivity contribution in [3.05, 3.63) is 64.7 Å². The summed E-state index contributed by atoms with van der Waals surface area (Å²) < 4.78 is 0. The Labute approximate surface area is 119 Å². The van der Waals surface area contributed by atoms with E-state index in [0.717, 1.165) is 35.7 Å². The van der Waals surface area contributed by atoms with Crippen LogP contribution in [0.25, 0.3) is 0 Å². The zero-order valence-corrected chi connectivity index (χ0v) is 11.5. The molecule has 0 aliphatic carbocycles. The molecule has 0 radical (unpaired) electrons. The summed E-state index contributed by atoms with van der Waals surface area (Å²) in [5, 5.41) is 13.0. The molecule has 0 fully saturated rings. The van der Waals surface area contributed by atoms with Crippen LogP contribution < -0.4 is 5.32 Å². The number of aryl methyl sites for hydroxylation is 1. The van der Waals surface area contributed by atoms with Gasteiger partial charge in [-0.3, -0.25) is 0 Å². The SMILES string of the molecule is OCCCc1cccc(NCc2cccc(Cl)c2)c1. The van der Waals surface area contributed by atoms with Crippen LogP contribution in [0.4, 0.5) is 5.69 Å². The molecule has 0 aliphatic heterocycles. The molecule has 3 heteroatoms. The van der Waals surface area contributed by atoms with E-state index in [2.05, 4.69) is 23.5 Å². The van der Waals surface area contributed by atoms with Crippen LogP contribution in [0.3, 0.4) is 0 Å². The van der Waals surface area contributed by atoms with Crippen LogP contribution in [0, 0.1) is 0 Å². The lowest BCUT2D eigenvalue weighted by Crippen LogP contribution is -2.00. The summed E-state index contributed by atoms with van der Waals surface area (Å²) in [7, 11) is 0. The molecular formula is C16H18ClNO. The highest BCUT2D eigenvalue weighted by Gasteiger charge is 1.98. The van der Waals surface area contributed by atoms with E-state index in [1.165, 1.54) is 5.56 Å². The average molecular weight is 276 g/mol. The van der Waals surface area contributed by atoms with Gasteiger partial charge in [-0.2, -0.15) is 0 Å². The molecule has 2 rings (SSSR count). The van der Waals surface area contributed by atoms with Crippen molar-refractivity contribution in [2.75, 3.05) is 11.9 Å². The molecule has 100 valence electrons. The van der Waals surface area contributed by atoms with Gasteiger partial charge in [-0.25, -0.2) is 0 Å². The van der Waals surface area contributed by atoms with Crippen molar-refractivity contribution in [3.8, 4) is 0 Å². The van der Waals surface area contributed by atoms with E-state index in [9.17, 15) is 0 Å². The molecule has 0 aromatic heterocycles. The fourth-order valence-corrected chi connectivity index (χ4v) is 2.18. The Morgan fingerprint density at radius 3 is 2.58 bits per heavy atom. The topological polar surface area (TPSA) is 32.3 Å². The summed E-state index contributed by atoms with van der Waals surface area (Å²) in [5.74, 6) is 0. The summed E-state index contributed by atoms with van der Waals surface area (Å²) in [6, 6.07) is 16.1. The summed E-state index contributed by atoms with van der Waals surface area (Å²) in [4.78, 5) is 0. The molecule has 0 amide bonds. The highest BCUT2D eigenvalue weighted by molar-refractivity contribution is 6.30. The Morgan fingerprint density at radius 2 is 1.79 bits per heavy atom. The average Bonchev–Trinajstić information content (AvgIpc) is 2.43. The molecule has 0 aliphatic rings. The Hall–Kier alpha value is -1.51. The number of hydrogen-bond acceptors (Lipinski definition) is 2. The number of benzene rings is 2. The first-order chi connectivity index (χ1) is 9.28. The number of aliphatic hydroxyl groups excluding tert-OH is 1. The predicted molar refractivity (Wildman–Crippen MR) is 80.6 cm³/mol. The number of aliphatic hydroxyl groups is 1. The van der Waals surface area contributed by atoms with Crippen LogP contribution in [-0.2, 0) is 13.0 Å². The van der Waals surface area contributed by atoms with Crippen molar-refractivity contribution >= 4 is 17.3 Å². The molecule has 0 heterocycles. The lowest BCUT2D eigenvalue weighted by Gasteiger charge is -2.08. The van der Waals surface area contributed by atoms with Crippen molar-refractivity contribution in [1.29, 1.82) is 0 Å². The van der Waals surface area contributed by atoms with Gasteiger partial charge in [0.15, 0.2) is 0 Å². The second-order valence-corrected chi connectivity index (χ2v) is 4.95. The van der Waals surface area contributed by atoms with Crippen molar-refractivity contribution in [1.82, 2.24) is 0 Å². The number of halogens is 1. The predicted octanol–water partition coefficient (Wildman–Crippen LogP) is 3.88. The minimum atomic E-state index is 0.236. The molecule has 0 spiro atoms. The maximum absolute atomic E-state index is 8.85. The van der Waals surface area contributed by atoms with Gasteiger partial charge in [0.2, 0.25) is 0 Å². The van der Waals surface area contributed by atoms with E-state index in [-0.39, 0.29) is 6.61 Å². The van der Waals surface area contributed by atoms with Gasteiger partial charge in [0.25, 0.3) is 0 Å². The fourth-order valence-electron chi connectivity index (χ4n) is 1.97. The van der Waals surface area contributed by atoms with Gasteiger partial charge >= 0.3 is 0 Å². The molecule has 2 N–H and O–H groups in total. The maximum atomic E-state index is 8.85. The third-order valence-electron chi connectivity index (χ3n) is 2.94. The zero-order chi connectivity index (χ0) is 13.5. The second kappa shape index (κ2) is 7.17. The molecule has 0 unspecified atom stereocenters. The Balaban J connectivity index is 1.95. The van der Waals surface area contributed by atoms with Gasteiger partial charge in [0.1, 0.15) is 0 Å². The zero-order valence-electron chi connectivity index (χ0n) is 10.8. The highest BCUT2D eigenvalue weighted by atomic mass is 35.5. The Morgan fingerprint density at radius 1 is 1.00 bits per heavy atom. The van der Waals surface area contributed by atoms with Gasteiger partial charge in [-0.1, -0.05) is 35.9 Å². The van der Waals surface area contributed by atoms with Crippen molar-refractivity contribution < 1.29 is 5.11 Å². The first-order valence-corrected chi connectivity index (χ1v) is 6.84. The summed E-state index contributed by atoms with van der Waals surface area (Å²) in [6.07, 6.45) is 1.71. The third kappa shape index (κ3) is 4.58. The number of hydrogen-bond donors (Lipinski definition) is 2. The molecule has 0 bridgehead atoms. The van der Waals surface area contributed by atoms with Crippen molar-refractivity contribution in [2.24, 2.45) is 0 Å². The summed E-state index contributed by atoms with van der Waals surface area (Å²) >= 11 is 5.96. The number of nitrogens with one attached hydrogen (secondary N) is 1. The van der Waals surface area contributed by atoms with Gasteiger partial charge in [0, 0.05) is 23.9 Å². The van der Waals surface area contributed by atoms with Crippen molar-refractivity contribution in [3.63, 3.8) is 0 Å². The fraction of sp³-hybridized carbons (Fsp3) is 0.250. The monoisotopic (exact) mass is 275 g/mol. The van der Waals surface area contributed by atoms with E-state index in [1.54, 1.807) is 0 Å². The van der Waals surface area contributed by atoms with Gasteiger partial charge < -0.3 is 10.4 Å². The second-order valence-electron chi connectivity index (χ2n) is 4.51. The van der Waals surface area contributed by atoms with E-state index in [0.29, 0.717) is 0 Å². The molecule has 2 aromatic rings. The van der Waals surface area contributed by atoms with Gasteiger partial charge in [0.05, 0.1) is 0 Å². The van der Waals surface area contributed by atoms with E-state index < -0.39 is 0 Å². The van der Waals surface area contributed by atoms with Crippen LogP contribution in [0.5, 0.6) is 0 Å². The first kappa shape index (κ1) is 13.9. The van der Waals surface area contributed by atoms with E-state index >= 15 is 0 Å². The minimum absolute atomic E-state index is 0.236. The van der Waals surface area contributed by atoms with Crippen LogP contribution in [0.1, 0.15) is 17.5 Å². The minimum Gasteiger partial charge on any atom is -0.396 e. The van der Waals surface area contributed by atoms with Crippen molar-refractivity contribution in [2.45, 2.75) is 19.4 Å². The van der Waals surface area contributed by atoms with Crippen LogP contribution >= 0.6 is 11.6 Å². The van der Waals surface area contributed by atoms with E-state index in [4.69, 9.17) is 16.7 Å². The lowest BCUT2D eigenvalue weighted by atomic mass is 10.1. The number of rotatable bonds is 6. The molecule has 19 heavy (non-hydrogen) atoms. The number of anilines is 1. The molecule has 0 saturated carbocycles. The molecular weight excluding hydrogens is 258 g/mol. The Bertz CT molecular complexity index is 528. The summed E-state index contributed by atoms with van der Waals surface area (Å²) in [5.41, 5.74) is 3.49. The van der Waals surface area contributed by atoms with Crippen LogP contribution in [0.2, 0.25) is 5.02 Å².